The number of rotatable bonds is 6. The molecule has 3 heterocycles. The number of hydrogen-bond acceptors (Lipinski definition) is 6. The summed E-state index contributed by atoms with van der Waals surface area (Å²) < 4.78 is 7.22. The van der Waals surface area contributed by atoms with E-state index in [1.165, 1.54) is 0 Å². The maximum absolute atomic E-state index is 12.9. The zero-order valence-corrected chi connectivity index (χ0v) is 18.0. The van der Waals surface area contributed by atoms with E-state index in [4.69, 9.17) is 4.74 Å². The van der Waals surface area contributed by atoms with Crippen LogP contribution in [0.2, 0.25) is 0 Å². The van der Waals surface area contributed by atoms with E-state index in [9.17, 15) is 14.4 Å². The van der Waals surface area contributed by atoms with Gasteiger partial charge in [-0.1, -0.05) is 26.0 Å². The molecule has 1 aliphatic rings. The van der Waals surface area contributed by atoms with Crippen molar-refractivity contribution in [1.82, 2.24) is 19.7 Å². The summed E-state index contributed by atoms with van der Waals surface area (Å²) in [5.74, 6) is -1.16. The Morgan fingerprint density at radius 1 is 1.06 bits per heavy atom. The zero-order chi connectivity index (χ0) is 22.3. The SMILES string of the molecule is CC(C)c1cc(C(=O)OCCN2C(=O)c3ccccc3C2=O)c2cnn(C(C)C)c2n1. The molecule has 0 atom stereocenters. The van der Waals surface area contributed by atoms with Gasteiger partial charge >= 0.3 is 5.97 Å². The van der Waals surface area contributed by atoms with E-state index < -0.39 is 5.97 Å². The monoisotopic (exact) mass is 420 g/mol. The quantitative estimate of drug-likeness (QED) is 0.447. The van der Waals surface area contributed by atoms with Gasteiger partial charge in [-0.05, 0) is 38.0 Å². The summed E-state index contributed by atoms with van der Waals surface area (Å²) in [6, 6.07) is 8.48. The Kier molecular flexibility index (Phi) is 5.31. The summed E-state index contributed by atoms with van der Waals surface area (Å²) >= 11 is 0. The number of pyridine rings is 1. The second-order valence-corrected chi connectivity index (χ2v) is 8.11. The van der Waals surface area contributed by atoms with E-state index in [0.29, 0.717) is 27.7 Å². The van der Waals surface area contributed by atoms with Gasteiger partial charge in [-0.15, -0.1) is 0 Å². The molecule has 0 N–H and O–H groups in total. The van der Waals surface area contributed by atoms with Crippen LogP contribution in [0.5, 0.6) is 0 Å². The molecule has 2 aromatic heterocycles. The highest BCUT2D eigenvalue weighted by Gasteiger charge is 2.35. The van der Waals surface area contributed by atoms with E-state index in [2.05, 4.69) is 10.1 Å². The Balaban J connectivity index is 1.53. The van der Waals surface area contributed by atoms with Crippen LogP contribution in [0.15, 0.2) is 36.5 Å². The normalized spacial score (nSPS) is 13.5. The molecule has 3 aromatic rings. The molecule has 31 heavy (non-hydrogen) atoms. The zero-order valence-electron chi connectivity index (χ0n) is 18.0. The lowest BCUT2D eigenvalue weighted by Gasteiger charge is -2.15. The van der Waals surface area contributed by atoms with Gasteiger partial charge in [-0.3, -0.25) is 14.5 Å². The van der Waals surface area contributed by atoms with Crippen LogP contribution in [0.3, 0.4) is 0 Å². The van der Waals surface area contributed by atoms with Crippen molar-refractivity contribution < 1.29 is 19.1 Å². The molecule has 0 aliphatic carbocycles. The summed E-state index contributed by atoms with van der Waals surface area (Å²) in [5.41, 5.74) is 2.52. The summed E-state index contributed by atoms with van der Waals surface area (Å²) in [4.78, 5) is 43.6. The molecule has 1 aromatic carbocycles. The lowest BCUT2D eigenvalue weighted by atomic mass is 10.1. The fourth-order valence-corrected chi connectivity index (χ4v) is 3.63. The molecule has 8 nitrogen and oxygen atoms in total. The Hall–Kier alpha value is -3.55. The molecule has 0 bridgehead atoms. The highest BCUT2D eigenvalue weighted by molar-refractivity contribution is 6.21. The van der Waals surface area contributed by atoms with Crippen molar-refractivity contribution in [1.29, 1.82) is 0 Å². The third-order valence-electron chi connectivity index (χ3n) is 5.31. The first-order valence-electron chi connectivity index (χ1n) is 10.3. The first-order chi connectivity index (χ1) is 14.8. The van der Waals surface area contributed by atoms with Crippen molar-refractivity contribution in [2.24, 2.45) is 0 Å². The van der Waals surface area contributed by atoms with Crippen molar-refractivity contribution in [2.45, 2.75) is 39.7 Å². The second-order valence-electron chi connectivity index (χ2n) is 8.11. The molecule has 1 aliphatic heterocycles. The van der Waals surface area contributed by atoms with Crippen LogP contribution in [0.1, 0.15) is 76.4 Å². The van der Waals surface area contributed by atoms with Gasteiger partial charge in [0.25, 0.3) is 11.8 Å². The van der Waals surface area contributed by atoms with Crippen LogP contribution >= 0.6 is 0 Å². The second kappa shape index (κ2) is 7.94. The number of amides is 2. The number of benzene rings is 1. The highest BCUT2D eigenvalue weighted by atomic mass is 16.5. The van der Waals surface area contributed by atoms with Gasteiger partial charge in [-0.25, -0.2) is 14.5 Å². The lowest BCUT2D eigenvalue weighted by molar-refractivity contribution is 0.0422. The lowest BCUT2D eigenvalue weighted by Crippen LogP contribution is -2.33. The molecule has 0 saturated heterocycles. The predicted molar refractivity (Wildman–Crippen MR) is 114 cm³/mol. The third-order valence-corrected chi connectivity index (χ3v) is 5.31. The van der Waals surface area contributed by atoms with Crippen molar-refractivity contribution in [3.05, 3.63) is 58.9 Å². The van der Waals surface area contributed by atoms with E-state index in [1.807, 2.05) is 27.7 Å². The standard InChI is InChI=1S/C23H24N4O4/c1-13(2)19-11-17(18-12-24-27(14(3)4)20(18)25-19)23(30)31-10-9-26-21(28)15-7-5-6-8-16(15)22(26)29/h5-8,11-14H,9-10H2,1-4H3. The Morgan fingerprint density at radius 2 is 1.71 bits per heavy atom. The number of aromatic nitrogens is 3. The van der Waals surface area contributed by atoms with Crippen molar-refractivity contribution in [3.8, 4) is 0 Å². The van der Waals surface area contributed by atoms with E-state index >= 15 is 0 Å². The smallest absolute Gasteiger partial charge is 0.339 e. The molecule has 0 radical (unpaired) electrons. The first-order valence-corrected chi connectivity index (χ1v) is 10.3. The average Bonchev–Trinajstić information content (AvgIpc) is 3.28. The molecule has 160 valence electrons. The molecule has 4 rings (SSSR count). The maximum atomic E-state index is 12.9. The summed E-state index contributed by atoms with van der Waals surface area (Å²) in [7, 11) is 0. The molecule has 0 saturated carbocycles. The average molecular weight is 420 g/mol. The molecule has 2 amide bonds. The van der Waals surface area contributed by atoms with E-state index in [1.54, 1.807) is 41.2 Å². The first kappa shape index (κ1) is 20.7. The van der Waals surface area contributed by atoms with Gasteiger partial charge < -0.3 is 4.74 Å². The van der Waals surface area contributed by atoms with Crippen LogP contribution in [-0.4, -0.2) is 50.6 Å². The van der Waals surface area contributed by atoms with Gasteiger partial charge in [0.05, 0.1) is 34.8 Å². The largest absolute Gasteiger partial charge is 0.460 e. The number of hydrogen-bond donors (Lipinski definition) is 0. The molecule has 8 heteroatoms. The van der Waals surface area contributed by atoms with Gasteiger partial charge in [0, 0.05) is 11.7 Å². The predicted octanol–water partition coefficient (Wildman–Crippen LogP) is 3.59. The van der Waals surface area contributed by atoms with Crippen LogP contribution < -0.4 is 0 Å². The summed E-state index contributed by atoms with van der Waals surface area (Å²) in [6.07, 6.45) is 1.62. The number of esters is 1. The van der Waals surface area contributed by atoms with Crippen LogP contribution in [0.4, 0.5) is 0 Å². The topological polar surface area (TPSA) is 94.4 Å². The summed E-state index contributed by atoms with van der Waals surface area (Å²) in [6.45, 7) is 7.90. The molecule has 0 spiro atoms. The Bertz CT molecular complexity index is 1160. The van der Waals surface area contributed by atoms with Gasteiger partial charge in [0.2, 0.25) is 0 Å². The number of nitrogens with zero attached hydrogens (tertiary/aromatic N) is 4. The maximum Gasteiger partial charge on any atom is 0.339 e. The fourth-order valence-electron chi connectivity index (χ4n) is 3.63. The van der Waals surface area contributed by atoms with Crippen LogP contribution in [-0.2, 0) is 4.74 Å². The summed E-state index contributed by atoms with van der Waals surface area (Å²) in [5, 5.41) is 4.99. The Labute approximate surface area is 179 Å². The fraction of sp³-hybridized carbons (Fsp3) is 0.348. The number of carbonyl (C=O) groups excluding carboxylic acids is 3. The van der Waals surface area contributed by atoms with Gasteiger partial charge in [-0.2, -0.15) is 5.10 Å². The molecule has 0 unspecified atom stereocenters. The van der Waals surface area contributed by atoms with Crippen LogP contribution in [0.25, 0.3) is 11.0 Å². The number of carbonyl (C=O) groups is 3. The molecule has 0 fully saturated rings. The minimum atomic E-state index is -0.533. The number of ether oxygens (including phenoxy) is 1. The van der Waals surface area contributed by atoms with Crippen LogP contribution in [0, 0.1) is 0 Å². The van der Waals surface area contributed by atoms with Crippen molar-refractivity contribution in [3.63, 3.8) is 0 Å². The minimum absolute atomic E-state index is 0.00535. The van der Waals surface area contributed by atoms with E-state index in [-0.39, 0.29) is 36.9 Å². The third kappa shape index (κ3) is 3.58. The minimum Gasteiger partial charge on any atom is -0.460 e. The Morgan fingerprint density at radius 3 is 2.29 bits per heavy atom. The molecular formula is C23H24N4O4. The number of fused-ring (bicyclic) bond motifs is 2. The molecular weight excluding hydrogens is 396 g/mol. The van der Waals surface area contributed by atoms with Crippen molar-refractivity contribution in [2.75, 3.05) is 13.2 Å². The van der Waals surface area contributed by atoms with Gasteiger partial charge in [0.15, 0.2) is 5.65 Å². The van der Waals surface area contributed by atoms with Crippen molar-refractivity contribution >= 4 is 28.8 Å². The number of imide groups is 1. The van der Waals surface area contributed by atoms with E-state index in [0.717, 1.165) is 10.6 Å². The highest BCUT2D eigenvalue weighted by Crippen LogP contribution is 2.25. The van der Waals surface area contributed by atoms with Gasteiger partial charge in [0.1, 0.15) is 6.61 Å².